The molecule has 2 heterocycles. The van der Waals surface area contributed by atoms with Crippen LogP contribution in [0, 0.1) is 0 Å². The maximum absolute atomic E-state index is 13.2. The molecule has 1 N–H and O–H groups in total. The first-order valence-electron chi connectivity index (χ1n) is 10.3. The third-order valence-electron chi connectivity index (χ3n) is 4.95. The summed E-state index contributed by atoms with van der Waals surface area (Å²) in [6.45, 7) is 3.41. The lowest BCUT2D eigenvalue weighted by Crippen LogP contribution is -2.18. The monoisotopic (exact) mass is 432 g/mol. The average Bonchev–Trinajstić information content (AvgIpc) is 3.15. The van der Waals surface area contributed by atoms with Gasteiger partial charge in [0.2, 0.25) is 0 Å². The first-order valence-corrected chi connectivity index (χ1v) is 10.3. The summed E-state index contributed by atoms with van der Waals surface area (Å²) in [5, 5.41) is 7.36. The average molecular weight is 432 g/mol. The van der Waals surface area contributed by atoms with Crippen molar-refractivity contribution < 1.29 is 14.3 Å². The van der Waals surface area contributed by atoms with Crippen LogP contribution >= 0.6 is 0 Å². The number of anilines is 1. The Morgan fingerprint density at radius 2 is 1.81 bits per heavy atom. The van der Waals surface area contributed by atoms with Gasteiger partial charge in [-0.3, -0.25) is 9.59 Å². The van der Waals surface area contributed by atoms with Gasteiger partial charge in [-0.05, 0) is 43.3 Å². The standard InChI is InChI=1S/C24H24N4O4/c1-3-32-19-11-9-17(10-12-19)25-23(29)20-15-27(13-14-31-2)16-21-22(20)26-28(24(21)30)18-7-5-4-6-8-18/h4-12,15-16H,3,13-14H2,1-2H3,(H,25,29). The number of benzene rings is 2. The fraction of sp³-hybridized carbons (Fsp3) is 0.208. The number of rotatable bonds is 8. The number of nitrogens with zero attached hydrogens (tertiary/aromatic N) is 3. The summed E-state index contributed by atoms with van der Waals surface area (Å²) >= 11 is 0. The summed E-state index contributed by atoms with van der Waals surface area (Å²) < 4.78 is 13.7. The van der Waals surface area contributed by atoms with E-state index in [0.29, 0.717) is 48.0 Å². The Kier molecular flexibility index (Phi) is 6.32. The first kappa shape index (κ1) is 21.3. The van der Waals surface area contributed by atoms with Crippen LogP contribution in [0.1, 0.15) is 17.3 Å². The van der Waals surface area contributed by atoms with Crippen LogP contribution in [0.2, 0.25) is 0 Å². The third kappa shape index (κ3) is 4.40. The quantitative estimate of drug-likeness (QED) is 0.461. The Morgan fingerprint density at radius 3 is 2.50 bits per heavy atom. The molecule has 2 aromatic rings. The van der Waals surface area contributed by atoms with E-state index in [1.807, 2.05) is 25.1 Å². The van der Waals surface area contributed by atoms with E-state index in [-0.39, 0.29) is 11.5 Å². The zero-order valence-corrected chi connectivity index (χ0v) is 17.9. The molecule has 1 amide bonds. The molecule has 2 aliphatic heterocycles. The van der Waals surface area contributed by atoms with Crippen molar-refractivity contribution >= 4 is 11.6 Å². The minimum atomic E-state index is -0.358. The Labute approximate surface area is 185 Å². The first-order chi connectivity index (χ1) is 15.6. The van der Waals surface area contributed by atoms with Crippen LogP contribution in [0.25, 0.3) is 16.9 Å². The van der Waals surface area contributed by atoms with Crippen molar-refractivity contribution in [3.8, 4) is 22.7 Å². The maximum atomic E-state index is 13.2. The summed E-state index contributed by atoms with van der Waals surface area (Å²) in [7, 11) is 1.60. The molecule has 0 spiro atoms. The van der Waals surface area contributed by atoms with Crippen molar-refractivity contribution in [1.82, 2.24) is 14.3 Å². The van der Waals surface area contributed by atoms with E-state index in [1.165, 1.54) is 4.68 Å². The van der Waals surface area contributed by atoms with Gasteiger partial charge < -0.3 is 19.4 Å². The number of nitrogens with one attached hydrogen (secondary N) is 1. The van der Waals surface area contributed by atoms with Crippen LogP contribution in [0.4, 0.5) is 5.69 Å². The van der Waals surface area contributed by atoms with E-state index < -0.39 is 0 Å². The number of hydrogen-bond acceptors (Lipinski definition) is 5. The summed E-state index contributed by atoms with van der Waals surface area (Å²) in [4.78, 5) is 26.3. The number of amides is 1. The van der Waals surface area contributed by atoms with Gasteiger partial charge in [-0.1, -0.05) is 18.2 Å². The number of para-hydroxylation sites is 1. The second-order valence-corrected chi connectivity index (χ2v) is 7.13. The fourth-order valence-corrected chi connectivity index (χ4v) is 3.40. The zero-order valence-electron chi connectivity index (χ0n) is 17.9. The van der Waals surface area contributed by atoms with Gasteiger partial charge in [0.1, 0.15) is 11.4 Å². The molecular weight excluding hydrogens is 408 g/mol. The molecule has 0 unspecified atom stereocenters. The van der Waals surface area contributed by atoms with Gasteiger partial charge in [0.15, 0.2) is 0 Å². The molecule has 0 bridgehead atoms. The van der Waals surface area contributed by atoms with E-state index in [9.17, 15) is 9.59 Å². The van der Waals surface area contributed by atoms with Crippen LogP contribution in [0.3, 0.4) is 0 Å². The molecule has 32 heavy (non-hydrogen) atoms. The predicted octanol–water partition coefficient (Wildman–Crippen LogP) is 3.44. The maximum Gasteiger partial charge on any atom is 0.282 e. The highest BCUT2D eigenvalue weighted by molar-refractivity contribution is 6.08. The van der Waals surface area contributed by atoms with E-state index >= 15 is 0 Å². The SMILES string of the molecule is CCOc1ccc(NC(=O)c2cn(CCOC)cc3c(=O)n(-c4ccccc4)nc2-3)cc1. The molecule has 164 valence electrons. The molecule has 2 aromatic carbocycles. The largest absolute Gasteiger partial charge is 0.494 e. The molecule has 8 nitrogen and oxygen atoms in total. The lowest BCUT2D eigenvalue weighted by atomic mass is 10.1. The summed E-state index contributed by atoms with van der Waals surface area (Å²) in [6, 6.07) is 16.2. The van der Waals surface area contributed by atoms with Gasteiger partial charge >= 0.3 is 0 Å². The van der Waals surface area contributed by atoms with Crippen molar-refractivity contribution in [1.29, 1.82) is 0 Å². The summed E-state index contributed by atoms with van der Waals surface area (Å²) in [5.41, 5.74) is 1.98. The van der Waals surface area contributed by atoms with E-state index in [2.05, 4.69) is 10.4 Å². The highest BCUT2D eigenvalue weighted by Crippen LogP contribution is 2.24. The minimum absolute atomic E-state index is 0.284. The zero-order chi connectivity index (χ0) is 22.5. The number of hydrogen-bond donors (Lipinski definition) is 1. The van der Waals surface area contributed by atoms with Gasteiger partial charge in [-0.2, -0.15) is 9.78 Å². The van der Waals surface area contributed by atoms with Gasteiger partial charge in [0.25, 0.3) is 11.5 Å². The smallest absolute Gasteiger partial charge is 0.282 e. The van der Waals surface area contributed by atoms with Gasteiger partial charge in [-0.25, -0.2) is 0 Å². The number of carbonyl (C=O) groups excluding carboxylic acids is 1. The Balaban J connectivity index is 1.74. The molecule has 0 atom stereocenters. The van der Waals surface area contributed by atoms with Crippen molar-refractivity contribution in [2.45, 2.75) is 13.5 Å². The lowest BCUT2D eigenvalue weighted by Gasteiger charge is -2.13. The highest BCUT2D eigenvalue weighted by atomic mass is 16.5. The van der Waals surface area contributed by atoms with E-state index in [4.69, 9.17) is 9.47 Å². The Morgan fingerprint density at radius 1 is 1.06 bits per heavy atom. The van der Waals surface area contributed by atoms with Crippen molar-refractivity contribution in [2.24, 2.45) is 0 Å². The van der Waals surface area contributed by atoms with Crippen LogP contribution in [0.15, 0.2) is 71.8 Å². The van der Waals surface area contributed by atoms with Crippen molar-refractivity contribution in [2.75, 3.05) is 25.6 Å². The lowest BCUT2D eigenvalue weighted by molar-refractivity contribution is 0.102. The summed E-state index contributed by atoms with van der Waals surface area (Å²) in [5.74, 6) is 0.367. The molecule has 0 radical (unpaired) electrons. The van der Waals surface area contributed by atoms with E-state index in [1.54, 1.807) is 60.5 Å². The molecule has 4 rings (SSSR count). The number of pyridine rings is 1. The second kappa shape index (κ2) is 9.49. The van der Waals surface area contributed by atoms with Crippen LogP contribution in [-0.4, -0.2) is 40.6 Å². The minimum Gasteiger partial charge on any atom is -0.494 e. The number of ether oxygens (including phenoxy) is 2. The fourth-order valence-electron chi connectivity index (χ4n) is 3.40. The van der Waals surface area contributed by atoms with Crippen LogP contribution < -0.4 is 15.6 Å². The number of carbonyl (C=O) groups is 1. The second-order valence-electron chi connectivity index (χ2n) is 7.13. The van der Waals surface area contributed by atoms with Crippen molar-refractivity contribution in [3.63, 3.8) is 0 Å². The van der Waals surface area contributed by atoms with Crippen LogP contribution in [0.5, 0.6) is 5.75 Å². The van der Waals surface area contributed by atoms with Gasteiger partial charge in [0.05, 0.1) is 30.0 Å². The van der Waals surface area contributed by atoms with Crippen molar-refractivity contribution in [3.05, 3.63) is 82.9 Å². The molecule has 0 saturated carbocycles. The van der Waals surface area contributed by atoms with Gasteiger partial charge in [-0.15, -0.1) is 0 Å². The number of methoxy groups -OCH3 is 1. The van der Waals surface area contributed by atoms with Crippen LogP contribution in [-0.2, 0) is 11.3 Å². The summed E-state index contributed by atoms with van der Waals surface area (Å²) in [6.07, 6.45) is 3.39. The molecular formula is C24H24N4O4. The topological polar surface area (TPSA) is 87.4 Å². The van der Waals surface area contributed by atoms with Gasteiger partial charge in [0, 0.05) is 31.7 Å². The highest BCUT2D eigenvalue weighted by Gasteiger charge is 2.24. The molecule has 0 aliphatic carbocycles. The molecule has 8 heteroatoms. The molecule has 0 saturated heterocycles. The Hall–Kier alpha value is -3.91. The molecule has 0 fully saturated rings. The predicted molar refractivity (Wildman–Crippen MR) is 122 cm³/mol. The molecule has 2 aliphatic rings. The third-order valence-corrected chi connectivity index (χ3v) is 4.95. The van der Waals surface area contributed by atoms with E-state index in [0.717, 1.165) is 5.75 Å². The Bertz CT molecular complexity index is 1230. The number of fused-ring (bicyclic) bond motifs is 1. The molecule has 0 aromatic heterocycles. The number of aromatic nitrogens is 3. The normalized spacial score (nSPS) is 10.9.